The highest BCUT2D eigenvalue weighted by atomic mass is 32.1. The Hall–Kier alpha value is -1.39. The number of methoxy groups -OCH3 is 1. The number of aromatic nitrogens is 1. The molecule has 0 amide bonds. The molecule has 2 aromatic rings. The second-order valence-electron chi connectivity index (χ2n) is 5.80. The average Bonchev–Trinajstić information content (AvgIpc) is 3.16. The van der Waals surface area contributed by atoms with E-state index in [0.717, 1.165) is 26.9 Å². The van der Waals surface area contributed by atoms with Crippen molar-refractivity contribution < 1.29 is 9.84 Å². The van der Waals surface area contributed by atoms with Gasteiger partial charge in [-0.15, -0.1) is 11.3 Å². The van der Waals surface area contributed by atoms with Gasteiger partial charge in [-0.05, 0) is 51.0 Å². The van der Waals surface area contributed by atoms with Crippen LogP contribution in [0.25, 0.3) is 10.6 Å². The van der Waals surface area contributed by atoms with Crippen molar-refractivity contribution in [2.75, 3.05) is 7.11 Å². The van der Waals surface area contributed by atoms with Crippen molar-refractivity contribution in [2.45, 2.75) is 38.2 Å². The molecule has 1 saturated carbocycles. The van der Waals surface area contributed by atoms with Crippen molar-refractivity contribution in [3.8, 4) is 16.3 Å². The first-order valence-corrected chi connectivity index (χ1v) is 7.68. The van der Waals surface area contributed by atoms with Gasteiger partial charge in [0.15, 0.2) is 0 Å². The monoisotopic (exact) mass is 289 g/mol. The Morgan fingerprint density at radius 1 is 1.25 bits per heavy atom. The van der Waals surface area contributed by atoms with E-state index in [1.54, 1.807) is 18.4 Å². The van der Waals surface area contributed by atoms with Crippen LogP contribution in [0, 0.1) is 0 Å². The lowest BCUT2D eigenvalue weighted by Gasteiger charge is -2.16. The van der Waals surface area contributed by atoms with Gasteiger partial charge in [0.2, 0.25) is 0 Å². The molecule has 1 aliphatic carbocycles. The Morgan fingerprint density at radius 2 is 1.90 bits per heavy atom. The minimum Gasteiger partial charge on any atom is -0.497 e. The molecule has 0 radical (unpaired) electrons. The quantitative estimate of drug-likeness (QED) is 0.927. The molecule has 0 aliphatic heterocycles. The summed E-state index contributed by atoms with van der Waals surface area (Å²) in [5, 5.41) is 11.3. The lowest BCUT2D eigenvalue weighted by molar-refractivity contribution is 0.0813. The standard InChI is InChI=1S/C16H19NO2S/c1-16(2,18)14-13(10-4-5-10)17-15(20-14)11-6-8-12(19-3)9-7-11/h6-10,18H,4-5H2,1-3H3. The van der Waals surface area contributed by atoms with Gasteiger partial charge in [-0.25, -0.2) is 4.98 Å². The van der Waals surface area contributed by atoms with E-state index < -0.39 is 5.60 Å². The van der Waals surface area contributed by atoms with E-state index in [0.29, 0.717) is 5.92 Å². The van der Waals surface area contributed by atoms with Gasteiger partial charge in [-0.2, -0.15) is 0 Å². The van der Waals surface area contributed by atoms with E-state index >= 15 is 0 Å². The lowest BCUT2D eigenvalue weighted by atomic mass is 10.0. The van der Waals surface area contributed by atoms with Crippen LogP contribution in [0.3, 0.4) is 0 Å². The predicted molar refractivity (Wildman–Crippen MR) is 81.3 cm³/mol. The van der Waals surface area contributed by atoms with Crippen molar-refractivity contribution in [2.24, 2.45) is 0 Å². The summed E-state index contributed by atoms with van der Waals surface area (Å²) in [6.45, 7) is 3.67. The number of thiazole rings is 1. The van der Waals surface area contributed by atoms with Crippen molar-refractivity contribution in [1.29, 1.82) is 0 Å². The Morgan fingerprint density at radius 3 is 2.40 bits per heavy atom. The Labute approximate surface area is 123 Å². The van der Waals surface area contributed by atoms with Crippen LogP contribution in [0.1, 0.15) is 43.2 Å². The van der Waals surface area contributed by atoms with Crippen LogP contribution < -0.4 is 4.74 Å². The van der Waals surface area contributed by atoms with Gasteiger partial charge in [-0.1, -0.05) is 0 Å². The molecule has 106 valence electrons. The predicted octanol–water partition coefficient (Wildman–Crippen LogP) is 3.92. The molecule has 0 bridgehead atoms. The van der Waals surface area contributed by atoms with E-state index in [2.05, 4.69) is 0 Å². The number of benzene rings is 1. The largest absolute Gasteiger partial charge is 0.497 e. The van der Waals surface area contributed by atoms with Gasteiger partial charge in [0, 0.05) is 11.5 Å². The molecular formula is C16H19NO2S. The van der Waals surface area contributed by atoms with Crippen LogP contribution in [0.4, 0.5) is 0 Å². The van der Waals surface area contributed by atoms with Crippen LogP contribution in [-0.2, 0) is 5.60 Å². The van der Waals surface area contributed by atoms with Crippen LogP contribution in [-0.4, -0.2) is 17.2 Å². The van der Waals surface area contributed by atoms with Crippen molar-refractivity contribution in [1.82, 2.24) is 4.98 Å². The summed E-state index contributed by atoms with van der Waals surface area (Å²) >= 11 is 1.60. The maximum Gasteiger partial charge on any atom is 0.123 e. The summed E-state index contributed by atoms with van der Waals surface area (Å²) in [5.41, 5.74) is 1.35. The van der Waals surface area contributed by atoms with E-state index in [1.807, 2.05) is 38.1 Å². The molecule has 1 aromatic heterocycles. The molecule has 0 saturated heterocycles. The molecule has 1 heterocycles. The third-order valence-corrected chi connectivity index (χ3v) is 4.94. The first kappa shape index (κ1) is 13.6. The number of hydrogen-bond donors (Lipinski definition) is 1. The fraction of sp³-hybridized carbons (Fsp3) is 0.438. The molecule has 1 aliphatic rings. The SMILES string of the molecule is COc1ccc(-c2nc(C3CC3)c(C(C)(C)O)s2)cc1. The van der Waals surface area contributed by atoms with Gasteiger partial charge in [0.1, 0.15) is 10.8 Å². The average molecular weight is 289 g/mol. The highest BCUT2D eigenvalue weighted by Crippen LogP contribution is 2.47. The van der Waals surface area contributed by atoms with E-state index in [4.69, 9.17) is 9.72 Å². The van der Waals surface area contributed by atoms with E-state index in [-0.39, 0.29) is 0 Å². The second-order valence-corrected chi connectivity index (χ2v) is 6.79. The second kappa shape index (κ2) is 4.86. The summed E-state index contributed by atoms with van der Waals surface area (Å²) < 4.78 is 5.18. The Kier molecular flexibility index (Phi) is 3.30. The molecule has 0 atom stereocenters. The Bertz CT molecular complexity index is 606. The Balaban J connectivity index is 2.01. The molecule has 3 nitrogen and oxygen atoms in total. The van der Waals surface area contributed by atoms with Gasteiger partial charge in [-0.3, -0.25) is 0 Å². The molecule has 0 spiro atoms. The topological polar surface area (TPSA) is 42.4 Å². The molecule has 1 N–H and O–H groups in total. The highest BCUT2D eigenvalue weighted by Gasteiger charge is 2.34. The minimum atomic E-state index is -0.819. The van der Waals surface area contributed by atoms with Crippen molar-refractivity contribution in [3.63, 3.8) is 0 Å². The third kappa shape index (κ3) is 2.58. The maximum atomic E-state index is 10.3. The fourth-order valence-corrected chi connectivity index (χ4v) is 3.42. The first-order valence-electron chi connectivity index (χ1n) is 6.87. The number of ether oxygens (including phenoxy) is 1. The highest BCUT2D eigenvalue weighted by molar-refractivity contribution is 7.15. The van der Waals surface area contributed by atoms with Crippen molar-refractivity contribution >= 4 is 11.3 Å². The molecule has 3 rings (SSSR count). The lowest BCUT2D eigenvalue weighted by Crippen LogP contribution is -2.15. The molecular weight excluding hydrogens is 270 g/mol. The zero-order chi connectivity index (χ0) is 14.3. The minimum absolute atomic E-state index is 0.541. The summed E-state index contributed by atoms with van der Waals surface area (Å²) in [4.78, 5) is 5.79. The summed E-state index contributed by atoms with van der Waals surface area (Å²) in [6, 6.07) is 7.92. The van der Waals surface area contributed by atoms with Crippen molar-refractivity contribution in [3.05, 3.63) is 34.8 Å². The zero-order valence-electron chi connectivity index (χ0n) is 12.0. The number of aliphatic hydroxyl groups is 1. The van der Waals surface area contributed by atoms with E-state index in [9.17, 15) is 5.11 Å². The molecule has 1 fully saturated rings. The number of nitrogens with zero attached hydrogens (tertiary/aromatic N) is 1. The molecule has 20 heavy (non-hydrogen) atoms. The summed E-state index contributed by atoms with van der Waals surface area (Å²) in [6.07, 6.45) is 2.38. The van der Waals surface area contributed by atoms with E-state index in [1.165, 1.54) is 12.8 Å². The summed E-state index contributed by atoms with van der Waals surface area (Å²) in [5.74, 6) is 1.38. The van der Waals surface area contributed by atoms with Gasteiger partial charge < -0.3 is 9.84 Å². The maximum absolute atomic E-state index is 10.3. The number of rotatable bonds is 4. The fourth-order valence-electron chi connectivity index (χ4n) is 2.26. The smallest absolute Gasteiger partial charge is 0.123 e. The number of hydrogen-bond acceptors (Lipinski definition) is 4. The zero-order valence-corrected chi connectivity index (χ0v) is 12.8. The molecule has 1 aromatic carbocycles. The van der Waals surface area contributed by atoms with Crippen LogP contribution in [0.5, 0.6) is 5.75 Å². The first-order chi connectivity index (χ1) is 9.49. The van der Waals surface area contributed by atoms with Gasteiger partial charge in [0.05, 0.1) is 23.3 Å². The molecule has 0 unspecified atom stereocenters. The van der Waals surface area contributed by atoms with Crippen LogP contribution in [0.2, 0.25) is 0 Å². The molecule has 4 heteroatoms. The van der Waals surface area contributed by atoms with Gasteiger partial charge in [0.25, 0.3) is 0 Å². The normalized spacial score (nSPS) is 15.4. The van der Waals surface area contributed by atoms with Gasteiger partial charge >= 0.3 is 0 Å². The third-order valence-electron chi connectivity index (χ3n) is 3.51. The van der Waals surface area contributed by atoms with Crippen LogP contribution >= 0.6 is 11.3 Å². The van der Waals surface area contributed by atoms with Crippen LogP contribution in [0.15, 0.2) is 24.3 Å². The summed E-state index contributed by atoms with van der Waals surface area (Å²) in [7, 11) is 1.66.